The number of hydrogen-bond acceptors (Lipinski definition) is 0. The summed E-state index contributed by atoms with van der Waals surface area (Å²) in [6, 6.07) is 11.9. The van der Waals surface area contributed by atoms with Crippen LogP contribution in [-0.2, 0) is 5.88 Å². The van der Waals surface area contributed by atoms with E-state index < -0.39 is 0 Å². The molecular formula is C13H9Cl2F. The lowest BCUT2D eigenvalue weighted by Crippen LogP contribution is -1.84. The van der Waals surface area contributed by atoms with Gasteiger partial charge in [0, 0.05) is 16.5 Å². The fourth-order valence-corrected chi connectivity index (χ4v) is 1.93. The second-order valence-electron chi connectivity index (χ2n) is 3.46. The van der Waals surface area contributed by atoms with E-state index in [0.717, 1.165) is 16.7 Å². The average Bonchev–Trinajstić information content (AvgIpc) is 2.30. The molecule has 0 saturated heterocycles. The molecule has 82 valence electrons. The maximum Gasteiger partial charge on any atom is 0.123 e. The Morgan fingerprint density at radius 2 is 1.88 bits per heavy atom. The highest BCUT2D eigenvalue weighted by molar-refractivity contribution is 6.33. The van der Waals surface area contributed by atoms with E-state index in [0.29, 0.717) is 10.9 Å². The molecule has 0 fully saturated rings. The Morgan fingerprint density at radius 3 is 2.56 bits per heavy atom. The van der Waals surface area contributed by atoms with Crippen LogP contribution in [0.1, 0.15) is 5.56 Å². The third kappa shape index (κ3) is 2.37. The van der Waals surface area contributed by atoms with Crippen LogP contribution >= 0.6 is 23.2 Å². The van der Waals surface area contributed by atoms with E-state index in [1.165, 1.54) is 12.1 Å². The lowest BCUT2D eigenvalue weighted by Gasteiger charge is -2.06. The van der Waals surface area contributed by atoms with Gasteiger partial charge in [0.15, 0.2) is 0 Å². The van der Waals surface area contributed by atoms with Crippen LogP contribution in [0.15, 0.2) is 42.5 Å². The second kappa shape index (κ2) is 4.86. The van der Waals surface area contributed by atoms with Crippen LogP contribution in [0.25, 0.3) is 11.1 Å². The van der Waals surface area contributed by atoms with Crippen molar-refractivity contribution in [3.63, 3.8) is 0 Å². The Bertz CT molecular complexity index is 509. The van der Waals surface area contributed by atoms with Gasteiger partial charge in [-0.05, 0) is 35.4 Å². The van der Waals surface area contributed by atoms with Gasteiger partial charge in [0.05, 0.1) is 0 Å². The molecule has 0 aliphatic heterocycles. The predicted octanol–water partition coefficient (Wildman–Crippen LogP) is 4.88. The standard InChI is InChI=1S/C13H9Cl2F/c14-8-9-4-5-13(15)12(6-9)10-2-1-3-11(16)7-10/h1-7H,8H2. The summed E-state index contributed by atoms with van der Waals surface area (Å²) < 4.78 is 13.1. The van der Waals surface area contributed by atoms with Gasteiger partial charge in [-0.3, -0.25) is 0 Å². The number of alkyl halides is 1. The summed E-state index contributed by atoms with van der Waals surface area (Å²) in [7, 11) is 0. The molecule has 0 unspecified atom stereocenters. The van der Waals surface area contributed by atoms with Crippen molar-refractivity contribution in [1.29, 1.82) is 0 Å². The molecule has 0 aromatic heterocycles. The quantitative estimate of drug-likeness (QED) is 0.670. The van der Waals surface area contributed by atoms with Crippen molar-refractivity contribution in [3.05, 3.63) is 58.9 Å². The Hall–Kier alpha value is -1.05. The van der Waals surface area contributed by atoms with Crippen molar-refractivity contribution in [2.45, 2.75) is 5.88 Å². The molecule has 0 aliphatic carbocycles. The van der Waals surface area contributed by atoms with Crippen LogP contribution in [0.2, 0.25) is 5.02 Å². The van der Waals surface area contributed by atoms with Gasteiger partial charge in [0.1, 0.15) is 5.82 Å². The first kappa shape index (κ1) is 11.4. The van der Waals surface area contributed by atoms with Crippen molar-refractivity contribution < 1.29 is 4.39 Å². The van der Waals surface area contributed by atoms with Gasteiger partial charge >= 0.3 is 0 Å². The third-order valence-electron chi connectivity index (χ3n) is 2.32. The van der Waals surface area contributed by atoms with Crippen molar-refractivity contribution in [3.8, 4) is 11.1 Å². The largest absolute Gasteiger partial charge is 0.207 e. The zero-order valence-electron chi connectivity index (χ0n) is 8.38. The maximum absolute atomic E-state index is 13.1. The first-order valence-corrected chi connectivity index (χ1v) is 5.72. The van der Waals surface area contributed by atoms with Gasteiger partial charge in [-0.25, -0.2) is 4.39 Å². The van der Waals surface area contributed by atoms with E-state index in [1.807, 2.05) is 18.2 Å². The van der Waals surface area contributed by atoms with Gasteiger partial charge in [-0.2, -0.15) is 0 Å². The molecule has 0 amide bonds. The zero-order valence-corrected chi connectivity index (χ0v) is 9.89. The predicted molar refractivity (Wildman–Crippen MR) is 66.4 cm³/mol. The Morgan fingerprint density at radius 1 is 1.06 bits per heavy atom. The fraction of sp³-hybridized carbons (Fsp3) is 0.0769. The number of benzene rings is 2. The van der Waals surface area contributed by atoms with Gasteiger partial charge in [0.2, 0.25) is 0 Å². The molecule has 2 aromatic carbocycles. The monoisotopic (exact) mass is 254 g/mol. The van der Waals surface area contributed by atoms with E-state index in [2.05, 4.69) is 0 Å². The molecule has 0 aliphatic rings. The van der Waals surface area contributed by atoms with Crippen LogP contribution in [-0.4, -0.2) is 0 Å². The van der Waals surface area contributed by atoms with Crippen molar-refractivity contribution >= 4 is 23.2 Å². The molecule has 0 atom stereocenters. The number of halogens is 3. The van der Waals surface area contributed by atoms with Crippen molar-refractivity contribution in [1.82, 2.24) is 0 Å². The molecule has 0 N–H and O–H groups in total. The molecule has 16 heavy (non-hydrogen) atoms. The van der Waals surface area contributed by atoms with Crippen LogP contribution in [0, 0.1) is 5.82 Å². The minimum Gasteiger partial charge on any atom is -0.207 e. The topological polar surface area (TPSA) is 0 Å². The summed E-state index contributed by atoms with van der Waals surface area (Å²) in [6.45, 7) is 0. The van der Waals surface area contributed by atoms with Crippen LogP contribution in [0.4, 0.5) is 4.39 Å². The number of rotatable bonds is 2. The zero-order chi connectivity index (χ0) is 11.5. The highest BCUT2D eigenvalue weighted by Crippen LogP contribution is 2.29. The average molecular weight is 255 g/mol. The molecule has 2 rings (SSSR count). The van der Waals surface area contributed by atoms with Gasteiger partial charge < -0.3 is 0 Å². The normalized spacial score (nSPS) is 10.4. The van der Waals surface area contributed by atoms with Crippen LogP contribution in [0.5, 0.6) is 0 Å². The van der Waals surface area contributed by atoms with Gasteiger partial charge in [0.25, 0.3) is 0 Å². The summed E-state index contributed by atoms with van der Waals surface area (Å²) in [5.41, 5.74) is 2.53. The van der Waals surface area contributed by atoms with Crippen molar-refractivity contribution in [2.24, 2.45) is 0 Å². The highest BCUT2D eigenvalue weighted by atomic mass is 35.5. The van der Waals surface area contributed by atoms with Crippen LogP contribution in [0.3, 0.4) is 0 Å². The first-order chi connectivity index (χ1) is 7.70. The Kier molecular flexibility index (Phi) is 3.47. The molecule has 0 radical (unpaired) electrons. The molecule has 0 bridgehead atoms. The second-order valence-corrected chi connectivity index (χ2v) is 4.13. The van der Waals surface area contributed by atoms with Gasteiger partial charge in [-0.15, -0.1) is 11.6 Å². The first-order valence-electron chi connectivity index (χ1n) is 4.81. The lowest BCUT2D eigenvalue weighted by atomic mass is 10.0. The summed E-state index contributed by atoms with van der Waals surface area (Å²) in [5.74, 6) is 0.143. The summed E-state index contributed by atoms with van der Waals surface area (Å²) in [4.78, 5) is 0. The van der Waals surface area contributed by atoms with Gasteiger partial charge in [-0.1, -0.05) is 29.8 Å². The molecule has 0 spiro atoms. The van der Waals surface area contributed by atoms with E-state index in [-0.39, 0.29) is 5.82 Å². The molecule has 2 aromatic rings. The minimum absolute atomic E-state index is 0.273. The SMILES string of the molecule is Fc1cccc(-c2cc(CCl)ccc2Cl)c1. The van der Waals surface area contributed by atoms with E-state index in [4.69, 9.17) is 23.2 Å². The Labute approximate surface area is 104 Å². The van der Waals surface area contributed by atoms with E-state index in [1.54, 1.807) is 12.1 Å². The fourth-order valence-electron chi connectivity index (χ4n) is 1.53. The molecule has 0 nitrogen and oxygen atoms in total. The minimum atomic E-state index is -0.273. The molecular weight excluding hydrogens is 246 g/mol. The van der Waals surface area contributed by atoms with E-state index in [9.17, 15) is 4.39 Å². The molecule has 0 saturated carbocycles. The van der Waals surface area contributed by atoms with Crippen LogP contribution < -0.4 is 0 Å². The summed E-state index contributed by atoms with van der Waals surface area (Å²) in [6.07, 6.45) is 0. The lowest BCUT2D eigenvalue weighted by molar-refractivity contribution is 0.628. The van der Waals surface area contributed by atoms with Crippen molar-refractivity contribution in [2.75, 3.05) is 0 Å². The summed E-state index contributed by atoms with van der Waals surface area (Å²) in [5, 5.41) is 0.597. The smallest absolute Gasteiger partial charge is 0.123 e. The third-order valence-corrected chi connectivity index (χ3v) is 2.96. The number of hydrogen-bond donors (Lipinski definition) is 0. The summed E-state index contributed by atoms with van der Waals surface area (Å²) >= 11 is 11.8. The van der Waals surface area contributed by atoms with E-state index >= 15 is 0 Å². The molecule has 0 heterocycles. The molecule has 3 heteroatoms. The Balaban J connectivity index is 2.54. The maximum atomic E-state index is 13.1. The highest BCUT2D eigenvalue weighted by Gasteiger charge is 2.05.